The van der Waals surface area contributed by atoms with E-state index in [4.69, 9.17) is 16.3 Å². The maximum atomic E-state index is 12.3. The van der Waals surface area contributed by atoms with E-state index in [1.54, 1.807) is 0 Å². The average molecular weight is 340 g/mol. The van der Waals surface area contributed by atoms with Crippen LogP contribution >= 0.6 is 11.6 Å². The van der Waals surface area contributed by atoms with E-state index in [0.717, 1.165) is 25.3 Å². The summed E-state index contributed by atoms with van der Waals surface area (Å²) in [6, 6.07) is 7.20. The zero-order valence-electron chi connectivity index (χ0n) is 14.0. The van der Waals surface area contributed by atoms with Gasteiger partial charge < -0.3 is 20.3 Å². The van der Waals surface area contributed by atoms with Gasteiger partial charge in [0.15, 0.2) is 0 Å². The molecule has 1 aromatic rings. The number of halogens is 1. The molecule has 2 N–H and O–H groups in total. The molecule has 0 radical (unpaired) electrons. The van der Waals surface area contributed by atoms with Gasteiger partial charge in [0, 0.05) is 24.7 Å². The minimum Gasteiger partial charge on any atom is -0.374 e. The predicted molar refractivity (Wildman–Crippen MR) is 92.7 cm³/mol. The van der Waals surface area contributed by atoms with E-state index in [1.807, 2.05) is 38.1 Å². The number of rotatable bonds is 6. The van der Waals surface area contributed by atoms with Gasteiger partial charge in [-0.2, -0.15) is 0 Å². The first-order chi connectivity index (χ1) is 11.0. The Hall–Kier alpha value is -1.14. The highest BCUT2D eigenvalue weighted by atomic mass is 35.5. The Labute approximate surface area is 143 Å². The molecule has 0 aliphatic carbocycles. The molecule has 23 heavy (non-hydrogen) atoms. The molecule has 0 spiro atoms. The molecular formula is C17H26ClN3O2. The third-order valence-electron chi connectivity index (χ3n) is 4.12. The molecule has 6 heteroatoms. The minimum absolute atomic E-state index is 0.0170. The van der Waals surface area contributed by atoms with Crippen molar-refractivity contribution in [2.24, 2.45) is 0 Å². The number of carbonyl (C=O) groups is 1. The van der Waals surface area contributed by atoms with Crippen LogP contribution in [0.15, 0.2) is 24.3 Å². The van der Waals surface area contributed by atoms with Crippen LogP contribution in [0, 0.1) is 0 Å². The molecule has 1 fully saturated rings. The minimum atomic E-state index is -0.263. The normalized spacial score (nSPS) is 21.7. The monoisotopic (exact) mass is 339 g/mol. The first-order valence-corrected chi connectivity index (χ1v) is 8.43. The number of nitrogens with zero attached hydrogens (tertiary/aromatic N) is 1. The topological polar surface area (TPSA) is 53.6 Å². The van der Waals surface area contributed by atoms with E-state index in [9.17, 15) is 4.79 Å². The SMILES string of the molecule is C[C@H](NC[C@H]1CN(C)CCO1)C(=O)N[C@H](C)c1ccc(Cl)cc1. The van der Waals surface area contributed by atoms with Gasteiger partial charge in [-0.15, -0.1) is 0 Å². The summed E-state index contributed by atoms with van der Waals surface area (Å²) in [7, 11) is 2.08. The fraction of sp³-hybridized carbons (Fsp3) is 0.588. The van der Waals surface area contributed by atoms with Gasteiger partial charge in [0.05, 0.1) is 24.8 Å². The number of amides is 1. The molecule has 0 bridgehead atoms. The van der Waals surface area contributed by atoms with Crippen LogP contribution in [0.2, 0.25) is 5.02 Å². The summed E-state index contributed by atoms with van der Waals surface area (Å²) < 4.78 is 5.69. The standard InChI is InChI=1S/C17H26ClN3O2/c1-12(14-4-6-15(18)7-5-14)20-17(22)13(2)19-10-16-11-21(3)8-9-23-16/h4-7,12-13,16,19H,8-11H2,1-3H3,(H,20,22)/t12-,13+,16+/m1/s1. The molecule has 1 aromatic carbocycles. The zero-order valence-corrected chi connectivity index (χ0v) is 14.8. The van der Waals surface area contributed by atoms with Crippen LogP contribution in [0.1, 0.15) is 25.5 Å². The highest BCUT2D eigenvalue weighted by Gasteiger charge is 2.21. The molecule has 1 saturated heterocycles. The fourth-order valence-electron chi connectivity index (χ4n) is 2.56. The molecule has 2 rings (SSSR count). The second-order valence-corrected chi connectivity index (χ2v) is 6.60. The van der Waals surface area contributed by atoms with Crippen molar-refractivity contribution >= 4 is 17.5 Å². The van der Waals surface area contributed by atoms with E-state index in [1.165, 1.54) is 0 Å². The first kappa shape index (κ1) is 18.2. The van der Waals surface area contributed by atoms with Crippen LogP contribution < -0.4 is 10.6 Å². The van der Waals surface area contributed by atoms with Crippen molar-refractivity contribution in [3.63, 3.8) is 0 Å². The zero-order chi connectivity index (χ0) is 16.8. The Morgan fingerprint density at radius 3 is 2.74 bits per heavy atom. The Balaban J connectivity index is 1.76. The molecule has 3 atom stereocenters. The lowest BCUT2D eigenvalue weighted by molar-refractivity contribution is -0.123. The number of morpholine rings is 1. The predicted octanol–water partition coefficient (Wildman–Crippen LogP) is 1.83. The third kappa shape index (κ3) is 5.77. The Morgan fingerprint density at radius 1 is 1.39 bits per heavy atom. The summed E-state index contributed by atoms with van der Waals surface area (Å²) in [5.41, 5.74) is 1.03. The Kier molecular flexibility index (Phi) is 6.84. The van der Waals surface area contributed by atoms with Gasteiger partial charge in [-0.3, -0.25) is 4.79 Å². The summed E-state index contributed by atoms with van der Waals surface area (Å²) in [4.78, 5) is 14.5. The highest BCUT2D eigenvalue weighted by molar-refractivity contribution is 6.30. The van der Waals surface area contributed by atoms with Gasteiger partial charge in [0.25, 0.3) is 0 Å². The second-order valence-electron chi connectivity index (χ2n) is 6.17. The number of ether oxygens (including phenoxy) is 1. The molecule has 128 valence electrons. The Bertz CT molecular complexity index is 509. The van der Waals surface area contributed by atoms with Crippen molar-refractivity contribution in [3.8, 4) is 0 Å². The number of carbonyl (C=O) groups excluding carboxylic acids is 1. The smallest absolute Gasteiger partial charge is 0.237 e. The summed E-state index contributed by atoms with van der Waals surface area (Å²) in [5, 5.41) is 6.96. The van der Waals surface area contributed by atoms with E-state index in [0.29, 0.717) is 11.6 Å². The van der Waals surface area contributed by atoms with Crippen LogP contribution in [0.25, 0.3) is 0 Å². The molecular weight excluding hydrogens is 314 g/mol. The molecule has 5 nitrogen and oxygen atoms in total. The largest absolute Gasteiger partial charge is 0.374 e. The van der Waals surface area contributed by atoms with Gasteiger partial charge in [-0.1, -0.05) is 23.7 Å². The number of hydrogen-bond acceptors (Lipinski definition) is 4. The molecule has 0 unspecified atom stereocenters. The number of benzene rings is 1. The van der Waals surface area contributed by atoms with Crippen molar-refractivity contribution in [1.82, 2.24) is 15.5 Å². The van der Waals surface area contributed by atoms with Gasteiger partial charge in [0.1, 0.15) is 0 Å². The van der Waals surface area contributed by atoms with Crippen LogP contribution in [-0.4, -0.2) is 56.2 Å². The number of hydrogen-bond donors (Lipinski definition) is 2. The van der Waals surface area contributed by atoms with E-state index in [-0.39, 0.29) is 24.1 Å². The van der Waals surface area contributed by atoms with E-state index in [2.05, 4.69) is 22.6 Å². The number of likely N-dealkylation sites (N-methyl/N-ethyl adjacent to an activating group) is 1. The molecule has 0 aromatic heterocycles. The third-order valence-corrected chi connectivity index (χ3v) is 4.37. The summed E-state index contributed by atoms with van der Waals surface area (Å²) in [6.07, 6.45) is 0.137. The van der Waals surface area contributed by atoms with Crippen LogP contribution in [0.3, 0.4) is 0 Å². The molecule has 1 heterocycles. The van der Waals surface area contributed by atoms with Crippen molar-refractivity contribution in [3.05, 3.63) is 34.9 Å². The number of nitrogens with one attached hydrogen (secondary N) is 2. The van der Waals surface area contributed by atoms with Crippen molar-refractivity contribution in [2.75, 3.05) is 33.3 Å². The van der Waals surface area contributed by atoms with Gasteiger partial charge in [0.2, 0.25) is 5.91 Å². The van der Waals surface area contributed by atoms with Crippen molar-refractivity contribution in [2.45, 2.75) is 32.0 Å². The summed E-state index contributed by atoms with van der Waals surface area (Å²) in [5.74, 6) is -0.0170. The lowest BCUT2D eigenvalue weighted by atomic mass is 10.1. The Morgan fingerprint density at radius 2 is 2.09 bits per heavy atom. The van der Waals surface area contributed by atoms with E-state index < -0.39 is 0 Å². The fourth-order valence-corrected chi connectivity index (χ4v) is 2.69. The van der Waals surface area contributed by atoms with Crippen molar-refractivity contribution in [1.29, 1.82) is 0 Å². The molecule has 1 aliphatic heterocycles. The quantitative estimate of drug-likeness (QED) is 0.830. The van der Waals surface area contributed by atoms with E-state index >= 15 is 0 Å². The van der Waals surface area contributed by atoms with Gasteiger partial charge in [-0.05, 0) is 38.6 Å². The summed E-state index contributed by atoms with van der Waals surface area (Å²) >= 11 is 5.89. The molecule has 1 amide bonds. The second kappa shape index (κ2) is 8.64. The van der Waals surface area contributed by atoms with Gasteiger partial charge >= 0.3 is 0 Å². The summed E-state index contributed by atoms with van der Waals surface area (Å²) in [6.45, 7) is 7.11. The molecule has 0 saturated carbocycles. The molecule has 1 aliphatic rings. The maximum Gasteiger partial charge on any atom is 0.237 e. The highest BCUT2D eigenvalue weighted by Crippen LogP contribution is 2.16. The lowest BCUT2D eigenvalue weighted by Crippen LogP contribution is -2.49. The van der Waals surface area contributed by atoms with Crippen LogP contribution in [-0.2, 0) is 9.53 Å². The van der Waals surface area contributed by atoms with Crippen LogP contribution in [0.4, 0.5) is 0 Å². The van der Waals surface area contributed by atoms with Crippen LogP contribution in [0.5, 0.6) is 0 Å². The first-order valence-electron chi connectivity index (χ1n) is 8.05. The van der Waals surface area contributed by atoms with Crippen molar-refractivity contribution < 1.29 is 9.53 Å². The lowest BCUT2D eigenvalue weighted by Gasteiger charge is -2.31. The average Bonchev–Trinajstić information content (AvgIpc) is 2.53. The maximum absolute atomic E-state index is 12.3. The van der Waals surface area contributed by atoms with Gasteiger partial charge in [-0.25, -0.2) is 0 Å².